The molecule has 0 unspecified atom stereocenters. The quantitative estimate of drug-likeness (QED) is 0.101. The number of rotatable bonds is 11. The van der Waals surface area contributed by atoms with Crippen LogP contribution in [0.4, 0.5) is 4.79 Å². The number of methoxy groups -OCH3 is 1. The molecule has 0 saturated carbocycles. The number of likely N-dealkylation sites (tertiary alicyclic amines) is 1. The molecule has 7 N–H and O–H groups in total. The molecule has 2 aliphatic heterocycles. The van der Waals surface area contributed by atoms with Crippen LogP contribution in [0.1, 0.15) is 87.2 Å². The molecule has 3 amide bonds. The van der Waals surface area contributed by atoms with Crippen LogP contribution < -0.4 is 15.4 Å². The van der Waals surface area contributed by atoms with Crippen molar-refractivity contribution < 1.29 is 73.2 Å². The lowest BCUT2D eigenvalue weighted by atomic mass is 9.72. The Morgan fingerprint density at radius 1 is 1.05 bits per heavy atom. The summed E-state index contributed by atoms with van der Waals surface area (Å²) in [6.45, 7) is 0.113. The Kier molecular flexibility index (Phi) is 11.9. The van der Waals surface area contributed by atoms with Crippen LogP contribution in [0.5, 0.6) is 17.2 Å². The summed E-state index contributed by atoms with van der Waals surface area (Å²) in [6, 6.07) is 5.68. The number of aromatic hydroxyl groups is 2. The number of carbonyl (C=O) groups excluding carboxylic acids is 6. The lowest BCUT2D eigenvalue weighted by Gasteiger charge is -2.43. The predicted octanol–water partition coefficient (Wildman–Crippen LogP) is 0.471. The molecule has 1 aromatic heterocycles. The van der Waals surface area contributed by atoms with Crippen molar-refractivity contribution in [1.82, 2.24) is 20.5 Å². The Morgan fingerprint density at radius 3 is 2.53 bits per heavy atom. The maximum absolute atomic E-state index is 14.0. The first-order valence-corrected chi connectivity index (χ1v) is 19.3. The number of hydrogen-bond acceptors (Lipinski definition) is 16. The fourth-order valence-electron chi connectivity index (χ4n) is 8.41. The highest BCUT2D eigenvalue weighted by Crippen LogP contribution is 2.52. The second-order valence-electron chi connectivity index (χ2n) is 15.1. The van der Waals surface area contributed by atoms with Crippen LogP contribution in [0.15, 0.2) is 42.7 Å². The van der Waals surface area contributed by atoms with Gasteiger partial charge in [0.05, 0.1) is 42.0 Å². The van der Waals surface area contributed by atoms with Gasteiger partial charge in [-0.3, -0.25) is 29.0 Å². The Bertz CT molecular complexity index is 2230. The van der Waals surface area contributed by atoms with Gasteiger partial charge < -0.3 is 60.0 Å². The third kappa shape index (κ3) is 7.77. The molecule has 0 bridgehead atoms. The van der Waals surface area contributed by atoms with Gasteiger partial charge in [0.2, 0.25) is 17.6 Å². The second-order valence-corrected chi connectivity index (χ2v) is 15.1. The van der Waals surface area contributed by atoms with Crippen LogP contribution in [-0.2, 0) is 41.6 Å². The zero-order valence-electron chi connectivity index (χ0n) is 32.6. The molecule has 4 aliphatic rings. The zero-order valence-corrected chi connectivity index (χ0v) is 32.6. The van der Waals surface area contributed by atoms with Crippen molar-refractivity contribution in [3.05, 3.63) is 81.7 Å². The van der Waals surface area contributed by atoms with E-state index < -0.39 is 126 Å². The van der Waals surface area contributed by atoms with Crippen LogP contribution in [0.25, 0.3) is 0 Å². The molecule has 2 aromatic carbocycles. The van der Waals surface area contributed by atoms with E-state index in [1.807, 2.05) is 0 Å². The minimum atomic E-state index is -2.38. The molecule has 7 atom stereocenters. The molecule has 0 radical (unpaired) electrons. The summed E-state index contributed by atoms with van der Waals surface area (Å²) in [7, 11) is 1.29. The largest absolute Gasteiger partial charge is 0.507 e. The number of aromatic nitrogens is 1. The van der Waals surface area contributed by atoms with E-state index in [2.05, 4.69) is 15.6 Å². The van der Waals surface area contributed by atoms with Crippen molar-refractivity contribution in [2.75, 3.05) is 26.8 Å². The number of carbonyl (C=O) groups is 6. The van der Waals surface area contributed by atoms with Crippen molar-refractivity contribution in [3.8, 4) is 17.2 Å². The number of phenolic OH excluding ortho intramolecular Hbond substituents is 2. The minimum absolute atomic E-state index is 0.0409. The van der Waals surface area contributed by atoms with Crippen LogP contribution >= 0.6 is 0 Å². The number of aliphatic hydroxyl groups is 3. The highest BCUT2D eigenvalue weighted by atomic mass is 16.7. The SMILES string of the molecule is COc1cccc2c1C(=O)c1c(O)c3c(c(O)c1C2=O)C[C@@](O)(C(=O)CO)C[C@@H]3O[C@H]1C[C@H](NC(=O)[C@@H]2CCCN2C(=O)CNC(=O)OCc2cccnc2)[C@H](O)[C@H](C)O1. The summed E-state index contributed by atoms with van der Waals surface area (Å²) in [6.07, 6.45) is -3.61. The third-order valence-electron chi connectivity index (χ3n) is 11.4. The normalized spacial score (nSPS) is 25.7. The summed E-state index contributed by atoms with van der Waals surface area (Å²) in [4.78, 5) is 85.1. The van der Waals surface area contributed by atoms with Crippen molar-refractivity contribution in [2.24, 2.45) is 0 Å². The van der Waals surface area contributed by atoms with Gasteiger partial charge in [0.25, 0.3) is 0 Å². The van der Waals surface area contributed by atoms with Crippen LogP contribution in [-0.4, -0.2) is 134 Å². The first-order chi connectivity index (χ1) is 28.7. The maximum atomic E-state index is 14.0. The zero-order chi connectivity index (χ0) is 43.0. The van der Waals surface area contributed by atoms with Gasteiger partial charge in [0.15, 0.2) is 17.9 Å². The molecule has 3 aromatic rings. The summed E-state index contributed by atoms with van der Waals surface area (Å²) in [5.74, 6) is -5.37. The van der Waals surface area contributed by atoms with Gasteiger partial charge >= 0.3 is 6.09 Å². The smallest absolute Gasteiger partial charge is 0.407 e. The van der Waals surface area contributed by atoms with Crippen molar-refractivity contribution >= 4 is 35.3 Å². The molecular formula is C41H44N4O15. The number of ketones is 3. The monoisotopic (exact) mass is 832 g/mol. The summed E-state index contributed by atoms with van der Waals surface area (Å²) in [5, 5.41) is 61.1. The van der Waals surface area contributed by atoms with E-state index in [1.54, 1.807) is 18.3 Å². The van der Waals surface area contributed by atoms with E-state index in [0.717, 1.165) is 0 Å². The van der Waals surface area contributed by atoms with Gasteiger partial charge in [-0.25, -0.2) is 4.79 Å². The van der Waals surface area contributed by atoms with Gasteiger partial charge in [-0.15, -0.1) is 0 Å². The number of benzene rings is 2. The highest BCUT2D eigenvalue weighted by Gasteiger charge is 2.50. The second kappa shape index (κ2) is 16.9. The average molecular weight is 833 g/mol. The molecule has 0 spiro atoms. The molecular weight excluding hydrogens is 788 g/mol. The number of phenols is 2. The first kappa shape index (κ1) is 42.1. The van der Waals surface area contributed by atoms with Gasteiger partial charge in [0, 0.05) is 60.5 Å². The van der Waals surface area contributed by atoms with E-state index in [0.29, 0.717) is 18.4 Å². The van der Waals surface area contributed by atoms with E-state index >= 15 is 0 Å². The molecule has 318 valence electrons. The molecule has 19 nitrogen and oxygen atoms in total. The van der Waals surface area contributed by atoms with Crippen LogP contribution in [0, 0.1) is 0 Å². The molecule has 3 heterocycles. The summed E-state index contributed by atoms with van der Waals surface area (Å²) < 4.78 is 22.7. The van der Waals surface area contributed by atoms with Crippen molar-refractivity contribution in [2.45, 2.75) is 87.9 Å². The Labute approximate surface area is 342 Å². The third-order valence-corrected chi connectivity index (χ3v) is 11.4. The van der Waals surface area contributed by atoms with Crippen molar-refractivity contribution in [1.29, 1.82) is 0 Å². The number of hydrogen-bond donors (Lipinski definition) is 7. The first-order valence-electron chi connectivity index (χ1n) is 19.3. The number of alkyl carbamates (subject to hydrolysis) is 1. The van der Waals surface area contributed by atoms with Crippen molar-refractivity contribution in [3.63, 3.8) is 0 Å². The molecule has 19 heteroatoms. The number of fused-ring (bicyclic) bond motifs is 3. The standard InChI is InChI=1S/C41H44N4O15/c1-19-34(49)23(44-39(54)24-8-5-11-45(24)28(48)16-43-40(55)58-18-20-6-4-10-42-15-20)12-29(59-19)60-26-14-41(56,27(47)17-46)13-22-31(26)38(53)33-32(36(22)51)35(50)21-7-3-9-25(57-2)30(21)37(33)52/h3-4,6-7,9-10,15,19,23-24,26,29,34,46,49,51,53,56H,5,8,11-14,16-18H2,1-2H3,(H,43,55)(H,44,54)/t19-,23-,24-,26-,29-,34+,41-/m0/s1. The van der Waals surface area contributed by atoms with Gasteiger partial charge in [-0.05, 0) is 31.9 Å². The molecule has 2 aliphatic carbocycles. The van der Waals surface area contributed by atoms with Crippen LogP contribution in [0.2, 0.25) is 0 Å². The van der Waals surface area contributed by atoms with Gasteiger partial charge in [-0.1, -0.05) is 18.2 Å². The van der Waals surface area contributed by atoms with E-state index in [9.17, 15) is 54.3 Å². The number of nitrogens with one attached hydrogen (secondary N) is 2. The maximum Gasteiger partial charge on any atom is 0.407 e. The minimum Gasteiger partial charge on any atom is -0.507 e. The lowest BCUT2D eigenvalue weighted by Crippen LogP contribution is -2.58. The predicted molar refractivity (Wildman–Crippen MR) is 203 cm³/mol. The molecule has 2 fully saturated rings. The fraction of sp³-hybridized carbons (Fsp3) is 0.439. The summed E-state index contributed by atoms with van der Waals surface area (Å²) >= 11 is 0. The number of ether oxygens (including phenoxy) is 4. The van der Waals surface area contributed by atoms with E-state index in [-0.39, 0.29) is 47.6 Å². The number of pyridine rings is 1. The fourth-order valence-corrected chi connectivity index (χ4v) is 8.41. The highest BCUT2D eigenvalue weighted by molar-refractivity contribution is 6.31. The van der Waals surface area contributed by atoms with E-state index in [1.165, 1.54) is 43.3 Å². The number of amides is 3. The molecule has 7 rings (SSSR count). The Balaban J connectivity index is 1.09. The number of Topliss-reactive ketones (excluding diaryl/α,β-unsaturated/α-hetero) is 1. The lowest BCUT2D eigenvalue weighted by molar-refractivity contribution is -0.249. The Hall–Kier alpha value is -5.99. The van der Waals surface area contributed by atoms with Gasteiger partial charge in [-0.2, -0.15) is 0 Å². The summed E-state index contributed by atoms with van der Waals surface area (Å²) in [5.41, 5.74) is -3.61. The van der Waals surface area contributed by atoms with E-state index in [4.69, 9.17) is 18.9 Å². The average Bonchev–Trinajstić information content (AvgIpc) is 3.74. The Morgan fingerprint density at radius 2 is 1.82 bits per heavy atom. The molecule has 60 heavy (non-hydrogen) atoms. The molecule has 2 saturated heterocycles. The topological polar surface area (TPSA) is 281 Å². The number of nitrogens with zero attached hydrogens (tertiary/aromatic N) is 2. The van der Waals surface area contributed by atoms with Gasteiger partial charge in [0.1, 0.15) is 54.8 Å². The number of aliphatic hydroxyl groups excluding tert-OH is 2. The van der Waals surface area contributed by atoms with Crippen LogP contribution in [0.3, 0.4) is 0 Å².